The minimum Gasteiger partial charge on any atom is -0.494 e. The van der Waals surface area contributed by atoms with E-state index in [2.05, 4.69) is 76.2 Å². The van der Waals surface area contributed by atoms with Crippen LogP contribution < -0.4 is 19.3 Å². The van der Waals surface area contributed by atoms with E-state index in [9.17, 15) is 5.26 Å². The first-order chi connectivity index (χ1) is 18.1. The van der Waals surface area contributed by atoms with Gasteiger partial charge in [0.05, 0.1) is 49.1 Å². The SMILES string of the molecule is CCOc1ccc(N2CSC3=C(C#N)C(c4ccc(C)cc4)N(c4ccc(OCC)cc4)CN3C2)cc1. The number of thioether (sulfide) groups is 1. The van der Waals surface area contributed by atoms with Crippen molar-refractivity contribution in [3.05, 3.63) is 94.5 Å². The van der Waals surface area contributed by atoms with Gasteiger partial charge in [-0.05, 0) is 74.9 Å². The molecule has 0 spiro atoms. The number of rotatable bonds is 7. The van der Waals surface area contributed by atoms with E-state index in [0.717, 1.165) is 44.9 Å². The average Bonchev–Trinajstić information content (AvgIpc) is 2.93. The normalized spacial score (nSPS) is 17.4. The van der Waals surface area contributed by atoms with Gasteiger partial charge in [0.2, 0.25) is 0 Å². The molecule has 0 aromatic heterocycles. The molecule has 190 valence electrons. The summed E-state index contributed by atoms with van der Waals surface area (Å²) in [6.45, 7) is 8.73. The van der Waals surface area contributed by atoms with Crippen molar-refractivity contribution in [2.45, 2.75) is 26.8 Å². The number of nitriles is 1. The quantitative estimate of drug-likeness (QED) is 0.357. The molecule has 0 aliphatic carbocycles. The summed E-state index contributed by atoms with van der Waals surface area (Å²) in [5.41, 5.74) is 5.32. The number of anilines is 2. The highest BCUT2D eigenvalue weighted by Gasteiger charge is 2.38. The second kappa shape index (κ2) is 11.1. The molecule has 3 aromatic rings. The molecule has 1 atom stereocenters. The Morgan fingerprint density at radius 2 is 1.41 bits per heavy atom. The Kier molecular flexibility index (Phi) is 7.47. The Balaban J connectivity index is 1.50. The minimum absolute atomic E-state index is 0.153. The molecular weight excluding hydrogens is 480 g/mol. The Morgan fingerprint density at radius 3 is 1.97 bits per heavy atom. The van der Waals surface area contributed by atoms with Gasteiger partial charge < -0.3 is 24.2 Å². The Bertz CT molecular complexity index is 1280. The third kappa shape index (κ3) is 5.21. The Hall–Kier alpha value is -3.76. The number of nitrogens with zero attached hydrogens (tertiary/aromatic N) is 4. The summed E-state index contributed by atoms with van der Waals surface area (Å²) in [6.07, 6.45) is 0. The van der Waals surface area contributed by atoms with E-state index in [1.54, 1.807) is 11.8 Å². The Morgan fingerprint density at radius 1 is 0.811 bits per heavy atom. The predicted octanol–water partition coefficient (Wildman–Crippen LogP) is 6.52. The van der Waals surface area contributed by atoms with Crippen LogP contribution in [-0.2, 0) is 0 Å². The number of hydrogen-bond donors (Lipinski definition) is 0. The maximum Gasteiger partial charge on any atom is 0.119 e. The minimum atomic E-state index is -0.153. The largest absolute Gasteiger partial charge is 0.494 e. The van der Waals surface area contributed by atoms with Crippen molar-refractivity contribution in [3.63, 3.8) is 0 Å². The first-order valence-corrected chi connectivity index (χ1v) is 13.7. The molecule has 0 radical (unpaired) electrons. The molecule has 0 bridgehead atoms. The van der Waals surface area contributed by atoms with Crippen LogP contribution in [0.4, 0.5) is 11.4 Å². The summed E-state index contributed by atoms with van der Waals surface area (Å²) in [5, 5.41) is 11.5. The van der Waals surface area contributed by atoms with Gasteiger partial charge in [-0.15, -0.1) is 0 Å². The van der Waals surface area contributed by atoms with Gasteiger partial charge in [0, 0.05) is 11.4 Å². The van der Waals surface area contributed by atoms with E-state index in [-0.39, 0.29) is 6.04 Å². The third-order valence-corrected chi connectivity index (χ3v) is 7.82. The zero-order chi connectivity index (χ0) is 25.8. The van der Waals surface area contributed by atoms with Crippen molar-refractivity contribution in [1.82, 2.24) is 4.90 Å². The maximum absolute atomic E-state index is 10.4. The van der Waals surface area contributed by atoms with Gasteiger partial charge in [0.25, 0.3) is 0 Å². The monoisotopic (exact) mass is 512 g/mol. The molecule has 2 heterocycles. The highest BCUT2D eigenvalue weighted by Crippen LogP contribution is 2.44. The molecule has 5 rings (SSSR count). The summed E-state index contributed by atoms with van der Waals surface area (Å²) in [4.78, 5) is 6.97. The van der Waals surface area contributed by atoms with E-state index in [0.29, 0.717) is 26.6 Å². The lowest BCUT2D eigenvalue weighted by Crippen LogP contribution is -2.51. The van der Waals surface area contributed by atoms with Gasteiger partial charge in [-0.2, -0.15) is 5.26 Å². The fraction of sp³-hybridized carbons (Fsp3) is 0.300. The molecule has 0 saturated carbocycles. The van der Waals surface area contributed by atoms with Gasteiger partial charge in [0.15, 0.2) is 0 Å². The van der Waals surface area contributed by atoms with Crippen molar-refractivity contribution in [2.24, 2.45) is 0 Å². The van der Waals surface area contributed by atoms with Crippen molar-refractivity contribution >= 4 is 23.1 Å². The van der Waals surface area contributed by atoms with Crippen LogP contribution in [0.5, 0.6) is 11.5 Å². The van der Waals surface area contributed by atoms with E-state index in [4.69, 9.17) is 9.47 Å². The molecule has 6 nitrogen and oxygen atoms in total. The van der Waals surface area contributed by atoms with Crippen LogP contribution in [0, 0.1) is 18.3 Å². The van der Waals surface area contributed by atoms with Gasteiger partial charge in [-0.25, -0.2) is 0 Å². The van der Waals surface area contributed by atoms with Crippen LogP contribution in [0.15, 0.2) is 83.4 Å². The van der Waals surface area contributed by atoms with Gasteiger partial charge in [-0.1, -0.05) is 41.6 Å². The number of aryl methyl sites for hydroxylation is 1. The summed E-state index contributed by atoms with van der Waals surface area (Å²) < 4.78 is 11.3. The van der Waals surface area contributed by atoms with Crippen LogP contribution in [0.25, 0.3) is 0 Å². The molecule has 0 N–H and O–H groups in total. The summed E-state index contributed by atoms with van der Waals surface area (Å²) >= 11 is 1.74. The third-order valence-electron chi connectivity index (χ3n) is 6.63. The number of ether oxygens (including phenoxy) is 2. The van der Waals surface area contributed by atoms with Crippen molar-refractivity contribution in [3.8, 4) is 17.6 Å². The van der Waals surface area contributed by atoms with Crippen LogP contribution in [0.3, 0.4) is 0 Å². The molecule has 37 heavy (non-hydrogen) atoms. The zero-order valence-corrected chi connectivity index (χ0v) is 22.4. The lowest BCUT2D eigenvalue weighted by molar-refractivity contribution is 0.325. The molecule has 0 amide bonds. The second-order valence-electron chi connectivity index (χ2n) is 9.10. The van der Waals surface area contributed by atoms with Gasteiger partial charge in [0.1, 0.15) is 17.6 Å². The second-order valence-corrected chi connectivity index (χ2v) is 10.0. The fourth-order valence-electron chi connectivity index (χ4n) is 4.85. The van der Waals surface area contributed by atoms with E-state index < -0.39 is 0 Å². The lowest BCUT2D eigenvalue weighted by Gasteiger charge is -2.48. The molecule has 3 aromatic carbocycles. The lowest BCUT2D eigenvalue weighted by atomic mass is 9.95. The van der Waals surface area contributed by atoms with Crippen LogP contribution in [0.1, 0.15) is 31.0 Å². The summed E-state index contributed by atoms with van der Waals surface area (Å²) in [7, 11) is 0. The van der Waals surface area contributed by atoms with E-state index in [1.165, 1.54) is 5.56 Å². The molecule has 2 aliphatic rings. The summed E-state index contributed by atoms with van der Waals surface area (Å²) in [6, 6.07) is 27.4. The summed E-state index contributed by atoms with van der Waals surface area (Å²) in [5.74, 6) is 2.51. The standard InChI is InChI=1S/C30H32N4O2S/c1-4-35-26-14-10-24(11-15-26)33-19-32-20-34(25-12-16-27(17-13-25)36-5-2)29(23-8-6-22(3)7-9-23)28(18-31)30(32)37-21-33/h6-17,29H,4-5,19-21H2,1-3H3. The van der Waals surface area contributed by atoms with E-state index in [1.807, 2.05) is 38.1 Å². The smallest absolute Gasteiger partial charge is 0.119 e. The zero-order valence-electron chi connectivity index (χ0n) is 21.6. The topological polar surface area (TPSA) is 52.0 Å². The van der Waals surface area contributed by atoms with Crippen molar-refractivity contribution < 1.29 is 9.47 Å². The Labute approximate surface area is 223 Å². The highest BCUT2D eigenvalue weighted by molar-refractivity contribution is 8.03. The molecule has 1 saturated heterocycles. The molecular formula is C30H32N4O2S. The van der Waals surface area contributed by atoms with Crippen LogP contribution in [-0.4, -0.2) is 37.3 Å². The van der Waals surface area contributed by atoms with Crippen molar-refractivity contribution in [2.75, 3.05) is 42.2 Å². The molecule has 1 fully saturated rings. The average molecular weight is 513 g/mol. The van der Waals surface area contributed by atoms with E-state index >= 15 is 0 Å². The van der Waals surface area contributed by atoms with Crippen LogP contribution >= 0.6 is 11.8 Å². The molecule has 1 unspecified atom stereocenters. The van der Waals surface area contributed by atoms with Crippen molar-refractivity contribution in [1.29, 1.82) is 5.26 Å². The fourth-order valence-corrected chi connectivity index (χ4v) is 5.97. The van der Waals surface area contributed by atoms with Gasteiger partial charge in [-0.3, -0.25) is 0 Å². The highest BCUT2D eigenvalue weighted by atomic mass is 32.2. The predicted molar refractivity (Wildman–Crippen MR) is 151 cm³/mol. The number of benzene rings is 3. The van der Waals surface area contributed by atoms with Crippen LogP contribution in [0.2, 0.25) is 0 Å². The first-order valence-electron chi connectivity index (χ1n) is 12.7. The maximum atomic E-state index is 10.4. The molecule has 7 heteroatoms. The van der Waals surface area contributed by atoms with Gasteiger partial charge >= 0.3 is 0 Å². The molecule has 2 aliphatic heterocycles. The first kappa shape index (κ1) is 24.9. The number of fused-ring (bicyclic) bond motifs is 1. The number of hydrogen-bond acceptors (Lipinski definition) is 7.